The lowest BCUT2D eigenvalue weighted by Crippen LogP contribution is -2.02. The molecular formula is C26H22ClN5. The maximum atomic E-state index is 6.19. The molecule has 5 nitrogen and oxygen atoms in total. The second-order valence-corrected chi connectivity index (χ2v) is 7.18. The Bertz CT molecular complexity index is 1340. The molecule has 2 N–H and O–H groups in total. The number of nitrogens with two attached hydrogens (primary N) is 1. The van der Waals surface area contributed by atoms with Crippen LogP contribution in [0.25, 0.3) is 39.5 Å². The van der Waals surface area contributed by atoms with Gasteiger partial charge in [-0.05, 0) is 42.0 Å². The zero-order valence-electron chi connectivity index (χ0n) is 17.4. The molecule has 0 bridgehead atoms. The summed E-state index contributed by atoms with van der Waals surface area (Å²) < 4.78 is 2.02. The Morgan fingerprint density at radius 2 is 1.59 bits per heavy atom. The Labute approximate surface area is 191 Å². The Morgan fingerprint density at radius 1 is 0.844 bits per heavy atom. The van der Waals surface area contributed by atoms with E-state index in [0.717, 1.165) is 39.2 Å². The van der Waals surface area contributed by atoms with Crippen LogP contribution in [0.4, 0.5) is 5.82 Å². The molecule has 0 radical (unpaired) electrons. The van der Waals surface area contributed by atoms with E-state index in [4.69, 9.17) is 27.3 Å². The Hall–Kier alpha value is -3.96. The van der Waals surface area contributed by atoms with Crippen molar-refractivity contribution in [2.75, 3.05) is 5.73 Å². The third-order valence-electron chi connectivity index (χ3n) is 5.00. The largest absolute Gasteiger partial charge is 0.383 e. The Balaban J connectivity index is 0.00000119. The number of hydrogen-bond acceptors (Lipinski definition) is 4. The van der Waals surface area contributed by atoms with Gasteiger partial charge in [-0.15, -0.1) is 24.8 Å². The quantitative estimate of drug-likeness (QED) is 0.264. The van der Waals surface area contributed by atoms with Gasteiger partial charge in [0.15, 0.2) is 11.5 Å². The van der Waals surface area contributed by atoms with Crippen molar-refractivity contribution in [1.29, 1.82) is 0 Å². The van der Waals surface area contributed by atoms with E-state index >= 15 is 0 Å². The number of rotatable bonds is 4. The second-order valence-electron chi connectivity index (χ2n) is 6.91. The third kappa shape index (κ3) is 3.98. The van der Waals surface area contributed by atoms with E-state index in [2.05, 4.69) is 18.1 Å². The number of benzene rings is 2. The molecular weight excluding hydrogens is 418 g/mol. The van der Waals surface area contributed by atoms with Gasteiger partial charge in [0.1, 0.15) is 11.3 Å². The first-order valence-corrected chi connectivity index (χ1v) is 10.6. The molecule has 0 unspecified atom stereocenters. The number of aromatic nitrogens is 4. The van der Waals surface area contributed by atoms with Crippen molar-refractivity contribution < 1.29 is 0 Å². The molecule has 32 heavy (non-hydrogen) atoms. The fourth-order valence-electron chi connectivity index (χ4n) is 3.49. The lowest BCUT2D eigenvalue weighted by atomic mass is 10.1. The van der Waals surface area contributed by atoms with E-state index < -0.39 is 0 Å². The van der Waals surface area contributed by atoms with E-state index in [9.17, 15) is 0 Å². The van der Waals surface area contributed by atoms with Gasteiger partial charge in [0, 0.05) is 23.3 Å². The smallest absolute Gasteiger partial charge is 0.165 e. The molecule has 0 aliphatic carbocycles. The van der Waals surface area contributed by atoms with Crippen molar-refractivity contribution >= 4 is 28.6 Å². The molecule has 0 aliphatic heterocycles. The summed E-state index contributed by atoms with van der Waals surface area (Å²) in [5.41, 5.74) is 12.4. The van der Waals surface area contributed by atoms with Gasteiger partial charge >= 0.3 is 0 Å². The summed E-state index contributed by atoms with van der Waals surface area (Å²) in [4.78, 5) is 14.0. The zero-order chi connectivity index (χ0) is 22.5. The topological polar surface area (TPSA) is 69.6 Å². The average Bonchev–Trinajstić information content (AvgIpc) is 3.24. The van der Waals surface area contributed by atoms with Crippen molar-refractivity contribution in [2.24, 2.45) is 0 Å². The highest BCUT2D eigenvalue weighted by atomic mass is 35.5. The summed E-state index contributed by atoms with van der Waals surface area (Å²) in [5.74, 6) is 1.59. The van der Waals surface area contributed by atoms with Gasteiger partial charge in [-0.3, -0.25) is 4.57 Å². The Kier molecular flexibility index (Phi) is 6.29. The highest BCUT2D eigenvalue weighted by Gasteiger charge is 2.18. The summed E-state index contributed by atoms with van der Waals surface area (Å²) in [6, 6.07) is 25.9. The molecule has 0 amide bonds. The molecule has 6 heteroatoms. The molecule has 0 saturated heterocycles. The molecule has 5 aromatic rings. The van der Waals surface area contributed by atoms with Gasteiger partial charge in [-0.2, -0.15) is 0 Å². The lowest BCUT2D eigenvalue weighted by molar-refractivity contribution is 1.07. The number of anilines is 1. The third-order valence-corrected chi connectivity index (χ3v) is 5.31. The van der Waals surface area contributed by atoms with Crippen LogP contribution >= 0.6 is 11.6 Å². The van der Waals surface area contributed by atoms with Gasteiger partial charge in [0.2, 0.25) is 0 Å². The maximum absolute atomic E-state index is 6.19. The van der Waals surface area contributed by atoms with Crippen LogP contribution in [-0.2, 0) is 5.88 Å². The van der Waals surface area contributed by atoms with Gasteiger partial charge in [-0.1, -0.05) is 42.5 Å². The molecule has 3 aromatic heterocycles. The molecule has 0 fully saturated rings. The summed E-state index contributed by atoms with van der Waals surface area (Å²) in [6.45, 7) is 6.00. The SMILES string of the molecule is C=C.Nc1ncccc1-c1nc2ccc(-c3ccccc3)nc2n1-c1ccc(CCl)cc1. The number of pyridine rings is 2. The molecule has 3 heterocycles. The average molecular weight is 440 g/mol. The van der Waals surface area contributed by atoms with E-state index in [0.29, 0.717) is 17.5 Å². The summed E-state index contributed by atoms with van der Waals surface area (Å²) in [6.07, 6.45) is 1.67. The molecule has 2 aromatic carbocycles. The first kappa shape index (κ1) is 21.3. The van der Waals surface area contributed by atoms with E-state index in [1.165, 1.54) is 0 Å². The van der Waals surface area contributed by atoms with E-state index in [1.54, 1.807) is 6.20 Å². The number of fused-ring (bicyclic) bond motifs is 1. The molecule has 0 aliphatic rings. The van der Waals surface area contributed by atoms with Crippen molar-refractivity contribution in [3.8, 4) is 28.3 Å². The van der Waals surface area contributed by atoms with Crippen LogP contribution in [0.5, 0.6) is 0 Å². The van der Waals surface area contributed by atoms with Crippen LogP contribution in [0.2, 0.25) is 0 Å². The van der Waals surface area contributed by atoms with Crippen LogP contribution in [0.3, 0.4) is 0 Å². The van der Waals surface area contributed by atoms with Crippen LogP contribution in [0.1, 0.15) is 5.56 Å². The standard InChI is InChI=1S/C24H18ClN5.C2H4/c25-15-16-8-10-18(11-9-16)30-23(19-7-4-14-27-22(19)26)29-21-13-12-20(28-24(21)30)17-5-2-1-3-6-17;1-2/h1-14H,15H2,(H2,26,27);1-2H2. The highest BCUT2D eigenvalue weighted by molar-refractivity contribution is 6.17. The minimum Gasteiger partial charge on any atom is -0.383 e. The van der Waals surface area contributed by atoms with Gasteiger partial charge < -0.3 is 5.73 Å². The molecule has 0 saturated carbocycles. The van der Waals surface area contributed by atoms with Gasteiger partial charge in [0.25, 0.3) is 0 Å². The summed E-state index contributed by atoms with van der Waals surface area (Å²) >= 11 is 5.98. The molecule has 158 valence electrons. The number of hydrogen-bond donors (Lipinski definition) is 1. The fraction of sp³-hybridized carbons (Fsp3) is 0.0385. The maximum Gasteiger partial charge on any atom is 0.165 e. The summed E-state index contributed by atoms with van der Waals surface area (Å²) in [5, 5.41) is 0. The monoisotopic (exact) mass is 439 g/mol. The predicted molar refractivity (Wildman–Crippen MR) is 133 cm³/mol. The number of alkyl halides is 1. The minimum atomic E-state index is 0.426. The van der Waals surface area contributed by atoms with Crippen molar-refractivity contribution in [1.82, 2.24) is 19.5 Å². The van der Waals surface area contributed by atoms with Crippen LogP contribution in [0.15, 0.2) is 98.2 Å². The number of halogens is 1. The van der Waals surface area contributed by atoms with Crippen molar-refractivity contribution in [3.05, 3.63) is 104 Å². The number of nitrogens with zero attached hydrogens (tertiary/aromatic N) is 4. The van der Waals surface area contributed by atoms with E-state index in [-0.39, 0.29) is 0 Å². The van der Waals surface area contributed by atoms with E-state index in [1.807, 2.05) is 83.4 Å². The highest BCUT2D eigenvalue weighted by Crippen LogP contribution is 2.31. The van der Waals surface area contributed by atoms with Crippen molar-refractivity contribution in [3.63, 3.8) is 0 Å². The number of imidazole rings is 1. The fourth-order valence-corrected chi connectivity index (χ4v) is 3.67. The minimum absolute atomic E-state index is 0.426. The first-order chi connectivity index (χ1) is 15.7. The first-order valence-electron chi connectivity index (χ1n) is 10.1. The summed E-state index contributed by atoms with van der Waals surface area (Å²) in [7, 11) is 0. The lowest BCUT2D eigenvalue weighted by Gasteiger charge is -2.11. The van der Waals surface area contributed by atoms with Crippen LogP contribution < -0.4 is 5.73 Å². The normalized spacial score (nSPS) is 10.5. The van der Waals surface area contributed by atoms with Gasteiger partial charge in [0.05, 0.1) is 11.3 Å². The van der Waals surface area contributed by atoms with Crippen LogP contribution in [-0.4, -0.2) is 19.5 Å². The predicted octanol–water partition coefficient (Wildman–Crippen LogP) is 6.27. The molecule has 0 atom stereocenters. The molecule has 5 rings (SSSR count). The molecule has 0 spiro atoms. The van der Waals surface area contributed by atoms with Crippen molar-refractivity contribution in [2.45, 2.75) is 5.88 Å². The zero-order valence-corrected chi connectivity index (χ0v) is 18.2. The Morgan fingerprint density at radius 3 is 2.28 bits per heavy atom. The van der Waals surface area contributed by atoms with Gasteiger partial charge in [-0.25, -0.2) is 15.0 Å². The van der Waals surface area contributed by atoms with Crippen LogP contribution in [0, 0.1) is 0 Å². The number of nitrogen functional groups attached to an aromatic ring is 1. The second kappa shape index (κ2) is 9.45.